The quantitative estimate of drug-likeness (QED) is 0.881. The molecule has 0 unspecified atom stereocenters. The maximum Gasteiger partial charge on any atom is 0.0422 e. The maximum absolute atomic E-state index is 3.80. The molecule has 114 valence electrons. The molecule has 2 fully saturated rings. The average Bonchev–Trinajstić information content (AvgIpc) is 2.56. The van der Waals surface area contributed by atoms with Crippen molar-refractivity contribution in [2.75, 3.05) is 18.4 Å². The van der Waals surface area contributed by atoms with Crippen molar-refractivity contribution in [3.05, 3.63) is 54.6 Å². The Morgan fingerprint density at radius 1 is 0.864 bits per heavy atom. The first-order chi connectivity index (χ1) is 10.8. The van der Waals surface area contributed by atoms with Crippen molar-refractivity contribution >= 4 is 5.69 Å². The van der Waals surface area contributed by atoms with Crippen LogP contribution in [0.5, 0.6) is 0 Å². The minimum atomic E-state index is 0.630. The van der Waals surface area contributed by atoms with Crippen LogP contribution < -0.4 is 10.6 Å². The van der Waals surface area contributed by atoms with E-state index in [-0.39, 0.29) is 0 Å². The molecule has 1 saturated carbocycles. The van der Waals surface area contributed by atoms with Gasteiger partial charge < -0.3 is 10.6 Å². The summed E-state index contributed by atoms with van der Waals surface area (Å²) in [7, 11) is 0. The average molecular weight is 292 g/mol. The van der Waals surface area contributed by atoms with E-state index in [4.69, 9.17) is 0 Å². The van der Waals surface area contributed by atoms with Crippen LogP contribution in [-0.2, 0) is 0 Å². The lowest BCUT2D eigenvalue weighted by atomic mass is 9.60. The Balaban J connectivity index is 1.48. The molecule has 22 heavy (non-hydrogen) atoms. The molecule has 0 atom stereocenters. The fraction of sp³-hybridized carbons (Fsp3) is 0.400. The summed E-state index contributed by atoms with van der Waals surface area (Å²) in [6.45, 7) is 2.40. The highest BCUT2D eigenvalue weighted by Gasteiger charge is 2.44. The largest absolute Gasteiger partial charge is 0.382 e. The van der Waals surface area contributed by atoms with Gasteiger partial charge in [0, 0.05) is 17.3 Å². The van der Waals surface area contributed by atoms with Gasteiger partial charge in [-0.2, -0.15) is 0 Å². The Labute approximate surface area is 132 Å². The molecule has 2 N–H and O–H groups in total. The summed E-state index contributed by atoms with van der Waals surface area (Å²) in [5.41, 5.74) is 4.52. The van der Waals surface area contributed by atoms with Crippen LogP contribution >= 0.6 is 0 Å². The Morgan fingerprint density at radius 2 is 1.55 bits per heavy atom. The molecule has 0 amide bonds. The smallest absolute Gasteiger partial charge is 0.0422 e. The van der Waals surface area contributed by atoms with E-state index in [2.05, 4.69) is 65.2 Å². The van der Waals surface area contributed by atoms with Gasteiger partial charge in [-0.3, -0.25) is 0 Å². The van der Waals surface area contributed by atoms with Gasteiger partial charge in [-0.15, -0.1) is 0 Å². The van der Waals surface area contributed by atoms with Gasteiger partial charge in [0.1, 0.15) is 0 Å². The molecular weight excluding hydrogens is 268 g/mol. The van der Waals surface area contributed by atoms with Gasteiger partial charge >= 0.3 is 0 Å². The molecule has 0 bridgehead atoms. The van der Waals surface area contributed by atoms with E-state index in [1.807, 2.05) is 0 Å². The zero-order valence-electron chi connectivity index (χ0n) is 13.0. The molecule has 2 aromatic rings. The normalized spacial score (nSPS) is 20.5. The van der Waals surface area contributed by atoms with E-state index in [1.54, 1.807) is 0 Å². The lowest BCUT2D eigenvalue weighted by molar-refractivity contribution is 0.0719. The van der Waals surface area contributed by atoms with Gasteiger partial charge in [0.05, 0.1) is 0 Å². The standard InChI is InChI=1S/C20H24N2/c1-2-6-16(7-3-1)18-8-4-5-9-19(18)22-17-14-20(15-17)10-12-21-13-11-20/h1-9,17,21-22H,10-15H2. The first-order valence-corrected chi connectivity index (χ1v) is 8.46. The monoisotopic (exact) mass is 292 g/mol. The maximum atomic E-state index is 3.80. The lowest BCUT2D eigenvalue weighted by Crippen LogP contribution is -2.50. The molecule has 4 rings (SSSR count). The first kappa shape index (κ1) is 13.8. The number of anilines is 1. The molecule has 2 aliphatic rings. The van der Waals surface area contributed by atoms with Crippen molar-refractivity contribution in [2.45, 2.75) is 31.7 Å². The predicted octanol–water partition coefficient (Wildman–Crippen LogP) is 4.30. The second-order valence-corrected chi connectivity index (χ2v) is 6.91. The molecule has 1 spiro atoms. The summed E-state index contributed by atoms with van der Waals surface area (Å²) in [4.78, 5) is 0. The molecular formula is C20H24N2. The summed E-state index contributed by atoms with van der Waals surface area (Å²) in [6, 6.07) is 20.0. The van der Waals surface area contributed by atoms with Crippen molar-refractivity contribution in [2.24, 2.45) is 5.41 Å². The minimum Gasteiger partial charge on any atom is -0.382 e. The van der Waals surface area contributed by atoms with E-state index in [9.17, 15) is 0 Å². The van der Waals surface area contributed by atoms with Gasteiger partial charge in [-0.05, 0) is 55.8 Å². The van der Waals surface area contributed by atoms with E-state index in [1.165, 1.54) is 55.6 Å². The third kappa shape index (κ3) is 2.64. The SMILES string of the molecule is c1ccc(-c2ccccc2NC2CC3(CCNCC3)C2)cc1. The predicted molar refractivity (Wildman–Crippen MR) is 93.1 cm³/mol. The van der Waals surface area contributed by atoms with Crippen molar-refractivity contribution < 1.29 is 0 Å². The van der Waals surface area contributed by atoms with E-state index >= 15 is 0 Å². The zero-order chi connectivity index (χ0) is 14.8. The second kappa shape index (κ2) is 5.77. The number of rotatable bonds is 3. The molecule has 2 heteroatoms. The molecule has 2 aromatic carbocycles. The van der Waals surface area contributed by atoms with Crippen LogP contribution in [0.25, 0.3) is 11.1 Å². The van der Waals surface area contributed by atoms with E-state index in [0.717, 1.165) is 0 Å². The zero-order valence-corrected chi connectivity index (χ0v) is 13.0. The summed E-state index contributed by atoms with van der Waals surface area (Å²) in [6.07, 6.45) is 5.37. The van der Waals surface area contributed by atoms with Crippen molar-refractivity contribution in [1.29, 1.82) is 0 Å². The molecule has 2 nitrogen and oxygen atoms in total. The fourth-order valence-corrected chi connectivity index (χ4v) is 4.15. The second-order valence-electron chi connectivity index (χ2n) is 6.91. The molecule has 1 aliphatic carbocycles. The lowest BCUT2D eigenvalue weighted by Gasteiger charge is -2.51. The van der Waals surface area contributed by atoms with Crippen molar-refractivity contribution in [3.63, 3.8) is 0 Å². The van der Waals surface area contributed by atoms with Crippen LogP contribution in [0.2, 0.25) is 0 Å². The molecule has 0 aromatic heterocycles. The van der Waals surface area contributed by atoms with Crippen LogP contribution in [0, 0.1) is 5.41 Å². The Hall–Kier alpha value is -1.80. The van der Waals surface area contributed by atoms with Crippen molar-refractivity contribution in [3.8, 4) is 11.1 Å². The first-order valence-electron chi connectivity index (χ1n) is 8.46. The van der Waals surface area contributed by atoms with Crippen LogP contribution in [-0.4, -0.2) is 19.1 Å². The Morgan fingerprint density at radius 3 is 2.32 bits per heavy atom. The molecule has 1 saturated heterocycles. The summed E-state index contributed by atoms with van der Waals surface area (Å²) < 4.78 is 0. The topological polar surface area (TPSA) is 24.1 Å². The highest BCUT2D eigenvalue weighted by Crippen LogP contribution is 2.49. The number of hydrogen-bond donors (Lipinski definition) is 2. The summed E-state index contributed by atoms with van der Waals surface area (Å²) >= 11 is 0. The number of hydrogen-bond acceptors (Lipinski definition) is 2. The Kier molecular flexibility index (Phi) is 3.63. The third-order valence-electron chi connectivity index (χ3n) is 5.39. The van der Waals surface area contributed by atoms with Crippen molar-refractivity contribution in [1.82, 2.24) is 5.32 Å². The Bertz CT molecular complexity index is 621. The van der Waals surface area contributed by atoms with Gasteiger partial charge in [0.15, 0.2) is 0 Å². The number of para-hydroxylation sites is 1. The highest BCUT2D eigenvalue weighted by atomic mass is 15.0. The number of nitrogens with one attached hydrogen (secondary N) is 2. The van der Waals surface area contributed by atoms with Crippen LogP contribution in [0.4, 0.5) is 5.69 Å². The highest BCUT2D eigenvalue weighted by molar-refractivity contribution is 5.78. The summed E-state index contributed by atoms with van der Waals surface area (Å²) in [5, 5.41) is 7.28. The molecule has 1 aliphatic heterocycles. The van der Waals surface area contributed by atoms with Crippen LogP contribution in [0.3, 0.4) is 0 Å². The van der Waals surface area contributed by atoms with Crippen LogP contribution in [0.15, 0.2) is 54.6 Å². The minimum absolute atomic E-state index is 0.630. The van der Waals surface area contributed by atoms with Gasteiger partial charge in [0.2, 0.25) is 0 Å². The van der Waals surface area contributed by atoms with E-state index < -0.39 is 0 Å². The van der Waals surface area contributed by atoms with Gasteiger partial charge in [0.25, 0.3) is 0 Å². The fourth-order valence-electron chi connectivity index (χ4n) is 4.15. The van der Waals surface area contributed by atoms with Gasteiger partial charge in [-0.25, -0.2) is 0 Å². The van der Waals surface area contributed by atoms with E-state index in [0.29, 0.717) is 11.5 Å². The third-order valence-corrected chi connectivity index (χ3v) is 5.39. The molecule has 1 heterocycles. The summed E-state index contributed by atoms with van der Waals surface area (Å²) in [5.74, 6) is 0. The number of benzene rings is 2. The molecule has 0 radical (unpaired) electrons. The number of piperidine rings is 1. The van der Waals surface area contributed by atoms with Gasteiger partial charge in [-0.1, -0.05) is 48.5 Å². The van der Waals surface area contributed by atoms with Crippen LogP contribution in [0.1, 0.15) is 25.7 Å².